The topological polar surface area (TPSA) is 47.3 Å². The highest BCUT2D eigenvalue weighted by molar-refractivity contribution is 7.80. The maximum Gasteiger partial charge on any atom is 0.228 e. The van der Waals surface area contributed by atoms with Crippen molar-refractivity contribution in [1.82, 2.24) is 5.43 Å². The van der Waals surface area contributed by atoms with Gasteiger partial charge < -0.3 is 10.1 Å². The summed E-state index contributed by atoms with van der Waals surface area (Å²) in [6, 6.07) is 25.1. The summed E-state index contributed by atoms with van der Waals surface area (Å²) in [5.74, 6) is 0.760. The SMILES string of the molecule is S=C(N[NH+]=Cc1cccc(OCc2ccccc2Cl)c1)Nc1ccccc1. The second kappa shape index (κ2) is 9.71. The zero-order valence-electron chi connectivity index (χ0n) is 14.5. The molecule has 3 aromatic rings. The Kier molecular flexibility index (Phi) is 6.79. The third-order valence-corrected chi connectivity index (χ3v) is 4.24. The van der Waals surface area contributed by atoms with Crippen molar-refractivity contribution in [1.29, 1.82) is 0 Å². The summed E-state index contributed by atoms with van der Waals surface area (Å²) in [5, 5.41) is 7.24. The minimum atomic E-state index is 0.417. The fourth-order valence-corrected chi connectivity index (χ4v) is 2.71. The van der Waals surface area contributed by atoms with E-state index in [1.165, 1.54) is 0 Å². The Hall–Kier alpha value is -2.89. The van der Waals surface area contributed by atoms with Crippen LogP contribution in [0.4, 0.5) is 5.69 Å². The van der Waals surface area contributed by atoms with Crippen LogP contribution in [0.25, 0.3) is 0 Å². The normalized spacial score (nSPS) is 10.6. The van der Waals surface area contributed by atoms with E-state index in [0.717, 1.165) is 22.6 Å². The average Bonchev–Trinajstić information content (AvgIpc) is 2.68. The molecule has 0 aliphatic rings. The summed E-state index contributed by atoms with van der Waals surface area (Å²) in [5.41, 5.74) is 5.74. The van der Waals surface area contributed by atoms with Gasteiger partial charge in [0.1, 0.15) is 12.4 Å². The standard InChI is InChI=1S/C21H18ClN3OS/c22-20-12-5-4-8-17(20)15-26-19-11-6-7-16(13-19)14-23-25-21(27)24-18-9-2-1-3-10-18/h1-14H,15H2,(H2,24,25,27)/p+1. The van der Waals surface area contributed by atoms with Crippen LogP contribution in [0, 0.1) is 0 Å². The van der Waals surface area contributed by atoms with E-state index >= 15 is 0 Å². The third kappa shape index (κ3) is 6.09. The van der Waals surface area contributed by atoms with Gasteiger partial charge in [0, 0.05) is 21.8 Å². The molecule has 0 saturated heterocycles. The number of halogens is 1. The van der Waals surface area contributed by atoms with E-state index in [-0.39, 0.29) is 0 Å². The molecule has 0 heterocycles. The molecule has 0 aliphatic heterocycles. The molecule has 0 atom stereocenters. The Morgan fingerprint density at radius 3 is 2.59 bits per heavy atom. The number of benzene rings is 3. The summed E-state index contributed by atoms with van der Waals surface area (Å²) in [6.07, 6.45) is 1.81. The average molecular weight is 397 g/mol. The Morgan fingerprint density at radius 1 is 1.00 bits per heavy atom. The lowest BCUT2D eigenvalue weighted by Crippen LogP contribution is -2.82. The van der Waals surface area contributed by atoms with Gasteiger partial charge in [-0.25, -0.2) is 0 Å². The lowest BCUT2D eigenvalue weighted by atomic mass is 10.2. The van der Waals surface area contributed by atoms with E-state index in [1.807, 2.05) is 78.9 Å². The number of hydrogen-bond donors (Lipinski definition) is 3. The van der Waals surface area contributed by atoms with Crippen molar-refractivity contribution in [3.63, 3.8) is 0 Å². The molecule has 0 fully saturated rings. The molecule has 3 aromatic carbocycles. The molecule has 0 saturated carbocycles. The van der Waals surface area contributed by atoms with Gasteiger partial charge in [0.15, 0.2) is 6.21 Å². The monoisotopic (exact) mass is 396 g/mol. The van der Waals surface area contributed by atoms with E-state index < -0.39 is 0 Å². The molecule has 3 N–H and O–H groups in total. The second-order valence-corrected chi connectivity index (χ2v) is 6.50. The molecule has 0 amide bonds. The lowest BCUT2D eigenvalue weighted by molar-refractivity contribution is -0.499. The van der Waals surface area contributed by atoms with Gasteiger partial charge in [-0.1, -0.05) is 54.1 Å². The molecule has 4 nitrogen and oxygen atoms in total. The quantitative estimate of drug-likeness (QED) is 0.340. The number of ether oxygens (including phenoxy) is 1. The van der Waals surface area contributed by atoms with Gasteiger partial charge in [-0.05, 0) is 48.6 Å². The first kappa shape index (κ1) is 18.9. The Bertz CT molecular complexity index is 931. The van der Waals surface area contributed by atoms with Gasteiger partial charge >= 0.3 is 0 Å². The van der Waals surface area contributed by atoms with Gasteiger partial charge in [-0.15, -0.1) is 10.5 Å². The maximum absolute atomic E-state index is 6.16. The van der Waals surface area contributed by atoms with Gasteiger partial charge in [0.2, 0.25) is 5.11 Å². The smallest absolute Gasteiger partial charge is 0.228 e. The maximum atomic E-state index is 6.16. The minimum Gasteiger partial charge on any atom is -0.489 e. The molecule has 136 valence electrons. The summed E-state index contributed by atoms with van der Waals surface area (Å²) >= 11 is 11.4. The van der Waals surface area contributed by atoms with Crippen molar-refractivity contribution in [2.45, 2.75) is 6.61 Å². The van der Waals surface area contributed by atoms with Crippen molar-refractivity contribution < 1.29 is 9.84 Å². The minimum absolute atomic E-state index is 0.417. The molecule has 0 spiro atoms. The summed E-state index contributed by atoms with van der Waals surface area (Å²) in [7, 11) is 0. The van der Waals surface area contributed by atoms with Gasteiger partial charge in [-0.2, -0.15) is 0 Å². The van der Waals surface area contributed by atoms with Gasteiger partial charge in [0.05, 0.1) is 0 Å². The Morgan fingerprint density at radius 2 is 1.78 bits per heavy atom. The molecule has 6 heteroatoms. The number of thiocarbonyl (C=S) groups is 1. The first-order chi connectivity index (χ1) is 13.2. The van der Waals surface area contributed by atoms with E-state index in [0.29, 0.717) is 16.7 Å². The van der Waals surface area contributed by atoms with E-state index in [9.17, 15) is 0 Å². The van der Waals surface area contributed by atoms with Gasteiger partial charge in [0.25, 0.3) is 0 Å². The van der Waals surface area contributed by atoms with Crippen LogP contribution in [-0.2, 0) is 6.61 Å². The molecule has 0 aromatic heterocycles. The zero-order chi connectivity index (χ0) is 18.9. The van der Waals surface area contributed by atoms with Crippen molar-refractivity contribution in [2.75, 3.05) is 5.32 Å². The number of anilines is 1. The second-order valence-electron chi connectivity index (χ2n) is 5.69. The number of rotatable bonds is 6. The molecule has 0 bridgehead atoms. The molecule has 3 rings (SSSR count). The van der Waals surface area contributed by atoms with Crippen LogP contribution in [0.5, 0.6) is 5.75 Å². The van der Waals surface area contributed by atoms with Crippen LogP contribution in [0.2, 0.25) is 5.02 Å². The van der Waals surface area contributed by atoms with Crippen LogP contribution in [0.1, 0.15) is 11.1 Å². The Labute approximate surface area is 168 Å². The van der Waals surface area contributed by atoms with Crippen molar-refractivity contribution >= 4 is 40.8 Å². The van der Waals surface area contributed by atoms with Crippen LogP contribution in [0.3, 0.4) is 0 Å². The van der Waals surface area contributed by atoms with Crippen LogP contribution >= 0.6 is 23.8 Å². The van der Waals surface area contributed by atoms with Crippen molar-refractivity contribution in [3.8, 4) is 5.75 Å². The molecule has 0 aliphatic carbocycles. The fourth-order valence-electron chi connectivity index (χ4n) is 2.34. The first-order valence-corrected chi connectivity index (χ1v) is 9.16. The third-order valence-electron chi connectivity index (χ3n) is 3.67. The van der Waals surface area contributed by atoms with Crippen molar-refractivity contribution in [3.05, 3.63) is 95.0 Å². The Balaban J connectivity index is 1.53. The summed E-state index contributed by atoms with van der Waals surface area (Å²) in [4.78, 5) is 0. The first-order valence-electron chi connectivity index (χ1n) is 8.38. The molecular formula is C21H19ClN3OS+. The highest BCUT2D eigenvalue weighted by Gasteiger charge is 2.02. The summed E-state index contributed by atoms with van der Waals surface area (Å²) in [6.45, 7) is 0.417. The number of para-hydroxylation sites is 1. The van der Waals surface area contributed by atoms with Crippen LogP contribution < -0.4 is 20.6 Å². The van der Waals surface area contributed by atoms with Gasteiger partial charge in [-0.3, -0.25) is 0 Å². The van der Waals surface area contributed by atoms with E-state index in [1.54, 1.807) is 6.21 Å². The molecule has 0 unspecified atom stereocenters. The predicted octanol–water partition coefficient (Wildman–Crippen LogP) is 3.32. The summed E-state index contributed by atoms with van der Waals surface area (Å²) < 4.78 is 5.83. The van der Waals surface area contributed by atoms with Crippen molar-refractivity contribution in [2.24, 2.45) is 0 Å². The van der Waals surface area contributed by atoms with Crippen LogP contribution in [0.15, 0.2) is 78.9 Å². The van der Waals surface area contributed by atoms with E-state index in [4.69, 9.17) is 28.6 Å². The van der Waals surface area contributed by atoms with Crippen LogP contribution in [-0.4, -0.2) is 11.3 Å². The van der Waals surface area contributed by atoms with E-state index in [2.05, 4.69) is 15.8 Å². The largest absolute Gasteiger partial charge is 0.489 e. The fraction of sp³-hybridized carbons (Fsp3) is 0.0476. The highest BCUT2D eigenvalue weighted by atomic mass is 35.5. The number of hydrogen-bond acceptors (Lipinski definition) is 2. The number of nitrogens with one attached hydrogen (secondary N) is 3. The highest BCUT2D eigenvalue weighted by Crippen LogP contribution is 2.18. The molecule has 27 heavy (non-hydrogen) atoms. The molecule has 0 radical (unpaired) electrons. The predicted molar refractivity (Wildman–Crippen MR) is 114 cm³/mol. The number of hydrazone groups is 1. The molecular weight excluding hydrogens is 378 g/mol. The zero-order valence-corrected chi connectivity index (χ0v) is 16.1. The number of hydrazine groups is 1. The lowest BCUT2D eigenvalue weighted by Gasteiger charge is -2.07.